The van der Waals surface area contributed by atoms with Gasteiger partial charge >= 0.3 is 0 Å². The zero-order valence-corrected chi connectivity index (χ0v) is 21.1. The highest BCUT2D eigenvalue weighted by Gasteiger charge is 2.39. The molecular formula is C26H33N5O2S. The number of carbonyl (C=O) groups excluding carboxylic acids is 1. The maximum atomic E-state index is 13.3. The second-order valence-electron chi connectivity index (χ2n) is 10.0. The van der Waals surface area contributed by atoms with Crippen LogP contribution >= 0.6 is 11.3 Å². The molecule has 1 amide bonds. The summed E-state index contributed by atoms with van der Waals surface area (Å²) >= 11 is 1.45. The van der Waals surface area contributed by atoms with Crippen LogP contribution in [0.25, 0.3) is 10.2 Å². The maximum absolute atomic E-state index is 13.3. The number of methoxy groups -OCH3 is 1. The van der Waals surface area contributed by atoms with E-state index < -0.39 is 0 Å². The number of fused-ring (bicyclic) bond motifs is 1. The van der Waals surface area contributed by atoms with Crippen LogP contribution in [0.15, 0.2) is 24.7 Å². The van der Waals surface area contributed by atoms with Crippen molar-refractivity contribution in [2.75, 3.05) is 26.0 Å². The summed E-state index contributed by atoms with van der Waals surface area (Å²) in [6.07, 6.45) is 13.0. The number of amides is 1. The maximum Gasteiger partial charge on any atom is 0.264 e. The average molecular weight is 480 g/mol. The summed E-state index contributed by atoms with van der Waals surface area (Å²) in [5.74, 6) is 2.08. The molecule has 2 fully saturated rings. The van der Waals surface area contributed by atoms with E-state index >= 15 is 0 Å². The van der Waals surface area contributed by atoms with Crippen LogP contribution in [-0.2, 0) is 6.54 Å². The number of nitrogens with one attached hydrogen (secondary N) is 1. The van der Waals surface area contributed by atoms with Crippen LogP contribution in [-0.4, -0.2) is 46.5 Å². The highest BCUT2D eigenvalue weighted by atomic mass is 32.1. The van der Waals surface area contributed by atoms with Gasteiger partial charge in [-0.2, -0.15) is 0 Å². The van der Waals surface area contributed by atoms with Crippen LogP contribution in [0.1, 0.15) is 65.7 Å². The molecular weight excluding hydrogens is 446 g/mol. The van der Waals surface area contributed by atoms with Gasteiger partial charge in [0.05, 0.1) is 17.4 Å². The van der Waals surface area contributed by atoms with Gasteiger partial charge in [-0.25, -0.2) is 15.0 Å². The minimum Gasteiger partial charge on any atom is -0.481 e. The van der Waals surface area contributed by atoms with Gasteiger partial charge in [0.25, 0.3) is 5.91 Å². The number of carbonyl (C=O) groups is 1. The van der Waals surface area contributed by atoms with Gasteiger partial charge < -0.3 is 15.0 Å². The molecule has 0 bridgehead atoms. The molecule has 7 nitrogen and oxygen atoms in total. The summed E-state index contributed by atoms with van der Waals surface area (Å²) in [6, 6.07) is 3.75. The number of hydrogen-bond donors (Lipinski definition) is 1. The third-order valence-electron chi connectivity index (χ3n) is 7.83. The molecule has 0 saturated heterocycles. The van der Waals surface area contributed by atoms with Crippen molar-refractivity contribution in [2.24, 2.45) is 11.3 Å². The predicted molar refractivity (Wildman–Crippen MR) is 135 cm³/mol. The first-order valence-corrected chi connectivity index (χ1v) is 13.0. The lowest BCUT2D eigenvalue weighted by atomic mass is 9.59. The van der Waals surface area contributed by atoms with E-state index in [-0.39, 0.29) is 5.91 Å². The number of rotatable bonds is 7. The van der Waals surface area contributed by atoms with Gasteiger partial charge in [-0.05, 0) is 74.0 Å². The number of nitrogens with zero attached hydrogens (tertiary/aromatic N) is 4. The molecule has 0 atom stereocenters. The summed E-state index contributed by atoms with van der Waals surface area (Å²) in [5.41, 5.74) is 2.61. The fourth-order valence-electron chi connectivity index (χ4n) is 5.50. The molecule has 34 heavy (non-hydrogen) atoms. The Morgan fingerprint density at radius 3 is 2.74 bits per heavy atom. The highest BCUT2D eigenvalue weighted by Crippen LogP contribution is 2.52. The topological polar surface area (TPSA) is 80.2 Å². The molecule has 0 radical (unpaired) electrons. The summed E-state index contributed by atoms with van der Waals surface area (Å²) in [4.78, 5) is 29.8. The summed E-state index contributed by atoms with van der Waals surface area (Å²) in [6.45, 7) is 3.42. The molecule has 1 spiro atoms. The zero-order chi connectivity index (χ0) is 23.7. The minimum absolute atomic E-state index is 0.0136. The first-order chi connectivity index (χ1) is 16.5. The Kier molecular flexibility index (Phi) is 6.42. The Bertz CT molecular complexity index is 1180. The van der Waals surface area contributed by atoms with E-state index in [1.807, 2.05) is 26.1 Å². The van der Waals surface area contributed by atoms with E-state index in [0.717, 1.165) is 33.7 Å². The fourth-order valence-corrected chi connectivity index (χ4v) is 6.64. The number of anilines is 1. The average Bonchev–Trinajstić information content (AvgIpc) is 3.18. The molecule has 1 N–H and O–H groups in total. The Morgan fingerprint density at radius 2 is 2.03 bits per heavy atom. The first kappa shape index (κ1) is 23.0. The third-order valence-corrected chi connectivity index (χ3v) is 9.02. The van der Waals surface area contributed by atoms with Crippen molar-refractivity contribution < 1.29 is 9.53 Å². The summed E-state index contributed by atoms with van der Waals surface area (Å²) in [7, 11) is 3.41. The Balaban J connectivity index is 1.29. The smallest absolute Gasteiger partial charge is 0.264 e. The second kappa shape index (κ2) is 9.49. The van der Waals surface area contributed by atoms with Crippen LogP contribution in [0.4, 0.5) is 5.82 Å². The van der Waals surface area contributed by atoms with Crippen LogP contribution < -0.4 is 10.1 Å². The largest absolute Gasteiger partial charge is 0.481 e. The normalized spacial score (nSPS) is 17.5. The van der Waals surface area contributed by atoms with Crippen molar-refractivity contribution in [3.63, 3.8) is 0 Å². The van der Waals surface area contributed by atoms with Gasteiger partial charge in [0, 0.05) is 32.4 Å². The molecule has 8 heteroatoms. The molecule has 0 aromatic carbocycles. The van der Waals surface area contributed by atoms with E-state index in [2.05, 4.69) is 20.3 Å². The van der Waals surface area contributed by atoms with Crippen LogP contribution in [0.5, 0.6) is 5.88 Å². The van der Waals surface area contributed by atoms with Crippen LogP contribution in [0.3, 0.4) is 0 Å². The highest BCUT2D eigenvalue weighted by molar-refractivity contribution is 7.20. The van der Waals surface area contributed by atoms with Crippen molar-refractivity contribution >= 4 is 33.3 Å². The van der Waals surface area contributed by atoms with E-state index in [1.54, 1.807) is 24.5 Å². The molecule has 2 saturated carbocycles. The third kappa shape index (κ3) is 4.48. The van der Waals surface area contributed by atoms with Gasteiger partial charge in [-0.15, -0.1) is 11.3 Å². The Labute approximate surface area is 205 Å². The number of aryl methyl sites for hydroxylation is 1. The minimum atomic E-state index is -0.0136. The monoisotopic (exact) mass is 479 g/mol. The quantitative estimate of drug-likeness (QED) is 0.485. The molecule has 5 rings (SSSR count). The fraction of sp³-hybridized carbons (Fsp3) is 0.538. The van der Waals surface area contributed by atoms with E-state index in [0.29, 0.717) is 28.6 Å². The number of thiophene rings is 1. The summed E-state index contributed by atoms with van der Waals surface area (Å²) < 4.78 is 5.20. The van der Waals surface area contributed by atoms with Crippen molar-refractivity contribution in [1.82, 2.24) is 19.9 Å². The van der Waals surface area contributed by atoms with Crippen molar-refractivity contribution in [1.29, 1.82) is 0 Å². The molecule has 3 heterocycles. The molecule has 2 aliphatic carbocycles. The van der Waals surface area contributed by atoms with Crippen molar-refractivity contribution in [3.05, 3.63) is 40.7 Å². The predicted octanol–water partition coefficient (Wildman–Crippen LogP) is 5.45. The standard InChI is InChI=1S/C26H33N5O2S/c1-17-21-23(28-14-18-5-10-26(11-6-18)8-4-9-26)29-16-30-24(21)34-22(17)25(32)31(2)15-19-7-12-27-20(13-19)33-3/h7,12-13,16,18H,4-6,8-11,14-15H2,1-3H3,(H,28,29,30). The molecule has 2 aliphatic rings. The van der Waals surface area contributed by atoms with E-state index in [1.165, 1.54) is 56.3 Å². The molecule has 0 unspecified atom stereocenters. The lowest BCUT2D eigenvalue weighted by Gasteiger charge is -2.47. The van der Waals surface area contributed by atoms with Gasteiger partial charge in [-0.3, -0.25) is 4.79 Å². The lowest BCUT2D eigenvalue weighted by Crippen LogP contribution is -2.35. The van der Waals surface area contributed by atoms with Gasteiger partial charge in [0.2, 0.25) is 5.88 Å². The number of ether oxygens (including phenoxy) is 1. The number of pyridine rings is 1. The molecule has 3 aromatic heterocycles. The van der Waals surface area contributed by atoms with Crippen LogP contribution in [0.2, 0.25) is 0 Å². The van der Waals surface area contributed by atoms with Gasteiger partial charge in [-0.1, -0.05) is 6.42 Å². The van der Waals surface area contributed by atoms with Crippen molar-refractivity contribution in [2.45, 2.75) is 58.4 Å². The van der Waals surface area contributed by atoms with E-state index in [9.17, 15) is 4.79 Å². The number of aromatic nitrogens is 3. The SMILES string of the molecule is COc1cc(CN(C)C(=O)c2sc3ncnc(NCC4CCC5(CCC5)CC4)c3c2C)ccn1. The first-order valence-electron chi connectivity index (χ1n) is 12.2. The zero-order valence-electron chi connectivity index (χ0n) is 20.3. The van der Waals surface area contributed by atoms with E-state index in [4.69, 9.17) is 4.74 Å². The molecule has 3 aromatic rings. The number of hydrogen-bond acceptors (Lipinski definition) is 7. The molecule has 0 aliphatic heterocycles. The molecule has 180 valence electrons. The second-order valence-corrected chi connectivity index (χ2v) is 11.0. The van der Waals surface area contributed by atoms with Gasteiger partial charge in [0.1, 0.15) is 17.0 Å². The van der Waals surface area contributed by atoms with Crippen LogP contribution in [0, 0.1) is 18.3 Å². The lowest BCUT2D eigenvalue weighted by molar-refractivity contribution is 0.0581. The Hall–Kier alpha value is -2.74. The Morgan fingerprint density at radius 1 is 1.24 bits per heavy atom. The van der Waals surface area contributed by atoms with Gasteiger partial charge in [0.15, 0.2) is 0 Å². The van der Waals surface area contributed by atoms with Crippen molar-refractivity contribution in [3.8, 4) is 5.88 Å². The summed E-state index contributed by atoms with van der Waals surface area (Å²) in [5, 5.41) is 4.58.